The van der Waals surface area contributed by atoms with Crippen molar-refractivity contribution in [1.82, 2.24) is 9.80 Å². The van der Waals surface area contributed by atoms with Crippen LogP contribution in [0.3, 0.4) is 0 Å². The minimum Gasteiger partial charge on any atom is -0.484 e. The van der Waals surface area contributed by atoms with Crippen molar-refractivity contribution in [3.05, 3.63) is 131 Å². The summed E-state index contributed by atoms with van der Waals surface area (Å²) < 4.78 is 34.7. The van der Waals surface area contributed by atoms with Crippen LogP contribution in [0.2, 0.25) is 5.02 Å². The summed E-state index contributed by atoms with van der Waals surface area (Å²) in [5.41, 5.74) is 3.43. The van der Waals surface area contributed by atoms with Crippen LogP contribution in [0.1, 0.15) is 16.7 Å². The number of hydrogen-bond acceptors (Lipinski definition) is 5. The van der Waals surface area contributed by atoms with Gasteiger partial charge in [0.2, 0.25) is 0 Å². The van der Waals surface area contributed by atoms with Crippen LogP contribution in [-0.2, 0) is 21.4 Å². The molecule has 1 amide bonds. The highest BCUT2D eigenvalue weighted by Gasteiger charge is 2.26. The monoisotopic (exact) mass is 629 g/mol. The number of anilines is 1. The Bertz CT molecular complexity index is 1650. The van der Waals surface area contributed by atoms with E-state index in [1.807, 2.05) is 42.2 Å². The van der Waals surface area contributed by atoms with Crippen molar-refractivity contribution < 1.29 is 17.9 Å². The average Bonchev–Trinajstić information content (AvgIpc) is 3.04. The molecular formula is C35H36ClN3O4S. The smallest absolute Gasteiger partial charge is 0.264 e. The maximum absolute atomic E-state index is 13.7. The number of piperazine rings is 1. The quantitative estimate of drug-likeness (QED) is 0.195. The second-order valence-corrected chi connectivity index (χ2v) is 13.0. The van der Waals surface area contributed by atoms with Gasteiger partial charge in [-0.15, -0.1) is 0 Å². The molecule has 0 aromatic heterocycles. The lowest BCUT2D eigenvalue weighted by Crippen LogP contribution is -2.49. The van der Waals surface area contributed by atoms with Gasteiger partial charge in [-0.1, -0.05) is 83.9 Å². The molecule has 4 aromatic carbocycles. The summed E-state index contributed by atoms with van der Waals surface area (Å²) in [5.74, 6) is 0.422. The molecule has 1 heterocycles. The maximum atomic E-state index is 13.7. The third-order valence-corrected chi connectivity index (χ3v) is 9.57. The Hall–Kier alpha value is -4.11. The van der Waals surface area contributed by atoms with E-state index < -0.39 is 10.0 Å². The highest BCUT2D eigenvalue weighted by Crippen LogP contribution is 2.28. The van der Waals surface area contributed by atoms with E-state index in [2.05, 4.69) is 29.2 Å². The van der Waals surface area contributed by atoms with Gasteiger partial charge in [0.15, 0.2) is 6.61 Å². The number of rotatable bonds is 11. The van der Waals surface area contributed by atoms with Crippen LogP contribution in [0.25, 0.3) is 6.08 Å². The van der Waals surface area contributed by atoms with Gasteiger partial charge in [0.25, 0.3) is 15.9 Å². The van der Waals surface area contributed by atoms with Crippen LogP contribution in [0, 0.1) is 6.92 Å². The van der Waals surface area contributed by atoms with E-state index in [9.17, 15) is 13.2 Å². The molecule has 0 bridgehead atoms. The van der Waals surface area contributed by atoms with E-state index in [-0.39, 0.29) is 24.0 Å². The summed E-state index contributed by atoms with van der Waals surface area (Å²) in [6, 6.07) is 30.9. The first-order valence-electron chi connectivity index (χ1n) is 14.6. The lowest BCUT2D eigenvalue weighted by atomic mass is 10.2. The SMILES string of the molecule is Cc1ccc(S(=O)(=O)N(Cc2ccc(Cl)cc2)c2ccc(OCC(=O)N3CCN(C/C=C/c4ccccc4)CC3)cc2)cc1. The summed E-state index contributed by atoms with van der Waals surface area (Å²) in [5, 5.41) is 0.579. The van der Waals surface area contributed by atoms with Gasteiger partial charge in [0.1, 0.15) is 5.75 Å². The number of amides is 1. The Morgan fingerprint density at radius 1 is 0.864 bits per heavy atom. The van der Waals surface area contributed by atoms with Gasteiger partial charge in [-0.3, -0.25) is 14.0 Å². The summed E-state index contributed by atoms with van der Waals surface area (Å²) >= 11 is 6.05. The number of carbonyl (C=O) groups is 1. The molecule has 9 heteroatoms. The van der Waals surface area contributed by atoms with Crippen molar-refractivity contribution in [2.75, 3.05) is 43.6 Å². The second-order valence-electron chi connectivity index (χ2n) is 10.7. The molecule has 0 aliphatic carbocycles. The number of benzene rings is 4. The molecule has 5 rings (SSSR count). The molecular weight excluding hydrogens is 594 g/mol. The highest BCUT2D eigenvalue weighted by atomic mass is 35.5. The van der Waals surface area contributed by atoms with Crippen LogP contribution in [-0.4, -0.2) is 63.5 Å². The third kappa shape index (κ3) is 8.29. The molecule has 228 valence electrons. The summed E-state index contributed by atoms with van der Waals surface area (Å²) in [4.78, 5) is 17.2. The molecule has 0 N–H and O–H groups in total. The Morgan fingerprint density at radius 3 is 2.18 bits per heavy atom. The van der Waals surface area contributed by atoms with Crippen LogP contribution in [0.5, 0.6) is 5.75 Å². The van der Waals surface area contributed by atoms with Gasteiger partial charge in [0, 0.05) is 37.7 Å². The number of halogens is 1. The largest absolute Gasteiger partial charge is 0.484 e. The van der Waals surface area contributed by atoms with E-state index in [1.165, 1.54) is 9.87 Å². The van der Waals surface area contributed by atoms with Gasteiger partial charge in [-0.2, -0.15) is 0 Å². The molecule has 4 aromatic rings. The molecule has 44 heavy (non-hydrogen) atoms. The third-order valence-electron chi connectivity index (χ3n) is 7.53. The van der Waals surface area contributed by atoms with E-state index in [4.69, 9.17) is 16.3 Å². The van der Waals surface area contributed by atoms with Crippen LogP contribution in [0.15, 0.2) is 114 Å². The van der Waals surface area contributed by atoms with Gasteiger partial charge >= 0.3 is 0 Å². The van der Waals surface area contributed by atoms with Crippen molar-refractivity contribution in [2.45, 2.75) is 18.4 Å². The van der Waals surface area contributed by atoms with E-state index in [1.54, 1.807) is 60.7 Å². The molecule has 0 unspecified atom stereocenters. The maximum Gasteiger partial charge on any atom is 0.264 e. The van der Waals surface area contributed by atoms with E-state index >= 15 is 0 Å². The van der Waals surface area contributed by atoms with Crippen molar-refractivity contribution >= 4 is 39.3 Å². The van der Waals surface area contributed by atoms with E-state index in [0.29, 0.717) is 29.5 Å². The van der Waals surface area contributed by atoms with Gasteiger partial charge in [-0.25, -0.2) is 8.42 Å². The molecule has 1 saturated heterocycles. The number of carbonyl (C=O) groups excluding carboxylic acids is 1. The Balaban J connectivity index is 1.18. The normalized spacial score (nSPS) is 14.1. The van der Waals surface area contributed by atoms with Crippen molar-refractivity contribution in [2.24, 2.45) is 0 Å². The fraction of sp³-hybridized carbons (Fsp3) is 0.229. The van der Waals surface area contributed by atoms with Crippen LogP contribution < -0.4 is 9.04 Å². The zero-order chi connectivity index (χ0) is 30.9. The Kier molecular flexibility index (Phi) is 10.4. The first-order chi connectivity index (χ1) is 21.3. The van der Waals surface area contributed by atoms with Gasteiger partial charge < -0.3 is 9.64 Å². The first-order valence-corrected chi connectivity index (χ1v) is 16.4. The van der Waals surface area contributed by atoms with Crippen LogP contribution >= 0.6 is 11.6 Å². The van der Waals surface area contributed by atoms with Gasteiger partial charge in [-0.05, 0) is 66.6 Å². The number of ether oxygens (including phenoxy) is 1. The fourth-order valence-corrected chi connectivity index (χ4v) is 6.51. The van der Waals surface area contributed by atoms with Crippen molar-refractivity contribution in [1.29, 1.82) is 0 Å². The van der Waals surface area contributed by atoms with Gasteiger partial charge in [0.05, 0.1) is 17.1 Å². The average molecular weight is 630 g/mol. The molecule has 1 aliphatic rings. The summed E-state index contributed by atoms with van der Waals surface area (Å²) in [7, 11) is -3.87. The second kappa shape index (κ2) is 14.6. The predicted octanol–water partition coefficient (Wildman–Crippen LogP) is 6.28. The van der Waals surface area contributed by atoms with Crippen LogP contribution in [0.4, 0.5) is 5.69 Å². The summed E-state index contributed by atoms with van der Waals surface area (Å²) in [6.45, 7) is 5.71. The number of aryl methyl sites for hydroxylation is 1. The fourth-order valence-electron chi connectivity index (χ4n) is 4.93. The highest BCUT2D eigenvalue weighted by molar-refractivity contribution is 7.92. The molecule has 1 fully saturated rings. The molecule has 7 nitrogen and oxygen atoms in total. The lowest BCUT2D eigenvalue weighted by molar-refractivity contribution is -0.135. The minimum absolute atomic E-state index is 0.0696. The molecule has 1 aliphatic heterocycles. The molecule has 0 radical (unpaired) electrons. The molecule has 0 atom stereocenters. The van der Waals surface area contributed by atoms with Crippen molar-refractivity contribution in [3.63, 3.8) is 0 Å². The number of nitrogens with zero attached hydrogens (tertiary/aromatic N) is 3. The molecule has 0 saturated carbocycles. The zero-order valence-corrected chi connectivity index (χ0v) is 26.3. The number of hydrogen-bond donors (Lipinski definition) is 0. The lowest BCUT2D eigenvalue weighted by Gasteiger charge is -2.34. The Morgan fingerprint density at radius 2 is 1.52 bits per heavy atom. The first kappa shape index (κ1) is 31.3. The predicted molar refractivity (Wildman–Crippen MR) is 176 cm³/mol. The zero-order valence-electron chi connectivity index (χ0n) is 24.7. The van der Waals surface area contributed by atoms with E-state index in [0.717, 1.165) is 30.8 Å². The number of sulfonamides is 1. The minimum atomic E-state index is -3.87. The van der Waals surface area contributed by atoms with Crippen molar-refractivity contribution in [3.8, 4) is 5.75 Å². The summed E-state index contributed by atoms with van der Waals surface area (Å²) in [6.07, 6.45) is 4.27. The molecule has 0 spiro atoms. The Labute approximate surface area is 265 Å². The standard InChI is InChI=1S/C35H36ClN3O4S/c1-28-9-19-34(20-10-28)44(41,42)39(26-30-11-13-31(36)14-12-30)32-15-17-33(18-16-32)43-27-35(40)38-24-22-37(23-25-38)21-5-8-29-6-3-2-4-7-29/h2-20H,21-27H2,1H3/b8-5+. The topological polar surface area (TPSA) is 70.2 Å².